The quantitative estimate of drug-likeness (QED) is 0.330. The number of halogens is 1. The van der Waals surface area contributed by atoms with Crippen LogP contribution >= 0.6 is 0 Å². The van der Waals surface area contributed by atoms with Crippen molar-refractivity contribution < 1.29 is 14.0 Å². The number of fused-ring (bicyclic) bond motifs is 2. The van der Waals surface area contributed by atoms with Crippen LogP contribution in [0, 0.1) is 36.4 Å². The van der Waals surface area contributed by atoms with Crippen molar-refractivity contribution in [2.45, 2.75) is 78.4 Å². The molecule has 2 amide bonds. The summed E-state index contributed by atoms with van der Waals surface area (Å²) in [5.74, 6) is 2.26. The van der Waals surface area contributed by atoms with Crippen LogP contribution in [0.15, 0.2) is 36.8 Å². The first-order valence-electron chi connectivity index (χ1n) is 17.7. The molecule has 252 valence electrons. The SMILES string of the molecule is CC(=O)N1CC2CN(C3CC(C(C)N4CC[C@H](Cc5cn(-c6ccc(F)cc6C(=O)N(C)C(C)C)c6cncc(C)c56)C4)C3)C[C@H]2C1. The lowest BCUT2D eigenvalue weighted by molar-refractivity contribution is -0.128. The smallest absolute Gasteiger partial charge is 0.256 e. The van der Waals surface area contributed by atoms with Gasteiger partial charge in [-0.3, -0.25) is 19.5 Å². The molecule has 1 aromatic carbocycles. The van der Waals surface area contributed by atoms with Crippen molar-refractivity contribution in [1.29, 1.82) is 0 Å². The molecule has 0 bridgehead atoms. The summed E-state index contributed by atoms with van der Waals surface area (Å²) in [5.41, 5.74) is 4.39. The van der Waals surface area contributed by atoms with E-state index in [1.165, 1.54) is 42.3 Å². The van der Waals surface area contributed by atoms with Gasteiger partial charge in [-0.25, -0.2) is 4.39 Å². The van der Waals surface area contributed by atoms with Crippen molar-refractivity contribution in [3.63, 3.8) is 0 Å². The molecule has 4 aliphatic rings. The van der Waals surface area contributed by atoms with E-state index in [1.54, 1.807) is 24.9 Å². The molecular weight excluding hydrogens is 591 g/mol. The summed E-state index contributed by atoms with van der Waals surface area (Å²) >= 11 is 0. The number of likely N-dealkylation sites (tertiary alicyclic amines) is 3. The van der Waals surface area contributed by atoms with E-state index in [4.69, 9.17) is 0 Å². The molecule has 4 fully saturated rings. The zero-order chi connectivity index (χ0) is 33.1. The van der Waals surface area contributed by atoms with Gasteiger partial charge in [0.1, 0.15) is 5.82 Å². The Labute approximate surface area is 278 Å². The van der Waals surface area contributed by atoms with Gasteiger partial charge >= 0.3 is 0 Å². The Morgan fingerprint density at radius 2 is 1.77 bits per heavy atom. The Hall–Kier alpha value is -3.30. The second kappa shape index (κ2) is 12.6. The van der Waals surface area contributed by atoms with Gasteiger partial charge in [0.15, 0.2) is 0 Å². The van der Waals surface area contributed by atoms with Crippen molar-refractivity contribution in [2.24, 2.45) is 23.7 Å². The van der Waals surface area contributed by atoms with Crippen molar-refractivity contribution >= 4 is 22.7 Å². The van der Waals surface area contributed by atoms with Gasteiger partial charge in [0.05, 0.1) is 23.0 Å². The lowest BCUT2D eigenvalue weighted by Gasteiger charge is -2.46. The van der Waals surface area contributed by atoms with Crippen LogP contribution < -0.4 is 0 Å². The Kier molecular flexibility index (Phi) is 8.66. The number of carbonyl (C=O) groups excluding carboxylic acids is 2. The van der Waals surface area contributed by atoms with Crippen LogP contribution in [0.5, 0.6) is 0 Å². The highest BCUT2D eigenvalue weighted by molar-refractivity contribution is 5.99. The minimum atomic E-state index is -0.415. The molecule has 9 heteroatoms. The maximum atomic E-state index is 14.5. The molecule has 1 aliphatic carbocycles. The van der Waals surface area contributed by atoms with E-state index in [0.717, 1.165) is 62.7 Å². The normalized spacial score (nSPS) is 27.1. The van der Waals surface area contributed by atoms with E-state index in [0.29, 0.717) is 41.1 Å². The first-order chi connectivity index (χ1) is 22.5. The Bertz CT molecular complexity index is 1650. The van der Waals surface area contributed by atoms with Gasteiger partial charge in [-0.05, 0) is 113 Å². The minimum Gasteiger partial charge on any atom is -0.342 e. The van der Waals surface area contributed by atoms with Gasteiger partial charge < -0.3 is 19.3 Å². The van der Waals surface area contributed by atoms with Crippen molar-refractivity contribution in [1.82, 2.24) is 29.2 Å². The van der Waals surface area contributed by atoms with Crippen LogP contribution in [0.3, 0.4) is 0 Å². The second-order valence-electron chi connectivity index (χ2n) is 15.4. The molecule has 0 N–H and O–H groups in total. The minimum absolute atomic E-state index is 0.00182. The highest BCUT2D eigenvalue weighted by Crippen LogP contribution is 2.42. The van der Waals surface area contributed by atoms with Crippen LogP contribution in [0.25, 0.3) is 16.6 Å². The number of pyridine rings is 1. The molecule has 1 saturated carbocycles. The number of hydrogen-bond donors (Lipinski definition) is 0. The summed E-state index contributed by atoms with van der Waals surface area (Å²) in [6.07, 6.45) is 10.7. The van der Waals surface area contributed by atoms with E-state index < -0.39 is 5.82 Å². The third-order valence-corrected chi connectivity index (χ3v) is 12.2. The topological polar surface area (TPSA) is 64.9 Å². The summed E-state index contributed by atoms with van der Waals surface area (Å²) in [5, 5.41) is 1.19. The molecule has 0 spiro atoms. The number of aryl methyl sites for hydroxylation is 1. The van der Waals surface area contributed by atoms with Crippen LogP contribution in [-0.2, 0) is 11.2 Å². The average molecular weight is 643 g/mol. The molecule has 3 saturated heterocycles. The third-order valence-electron chi connectivity index (χ3n) is 12.2. The van der Waals surface area contributed by atoms with Gasteiger partial charge in [-0.1, -0.05) is 0 Å². The Balaban J connectivity index is 1.02. The van der Waals surface area contributed by atoms with Crippen LogP contribution in [0.2, 0.25) is 0 Å². The molecule has 8 nitrogen and oxygen atoms in total. The first kappa shape index (κ1) is 32.3. The van der Waals surface area contributed by atoms with Gasteiger partial charge in [0, 0.05) is 82.6 Å². The zero-order valence-electron chi connectivity index (χ0n) is 29.0. The maximum absolute atomic E-state index is 14.5. The predicted octanol–water partition coefficient (Wildman–Crippen LogP) is 5.40. The summed E-state index contributed by atoms with van der Waals surface area (Å²) in [6, 6.07) is 5.83. The maximum Gasteiger partial charge on any atom is 0.256 e. The fourth-order valence-electron chi connectivity index (χ4n) is 9.02. The van der Waals surface area contributed by atoms with Crippen LogP contribution in [0.1, 0.15) is 68.4 Å². The first-order valence-corrected chi connectivity index (χ1v) is 17.7. The fraction of sp³-hybridized carbons (Fsp3) is 0.605. The molecular formula is C38H51FN6O2. The third kappa shape index (κ3) is 5.99. The van der Waals surface area contributed by atoms with Gasteiger partial charge in [-0.2, -0.15) is 0 Å². The molecule has 47 heavy (non-hydrogen) atoms. The summed E-state index contributed by atoms with van der Waals surface area (Å²) in [6.45, 7) is 16.6. The lowest BCUT2D eigenvalue weighted by atomic mass is 9.75. The molecule has 4 atom stereocenters. The average Bonchev–Trinajstić information content (AvgIpc) is 3.79. The van der Waals surface area contributed by atoms with Gasteiger partial charge in [0.25, 0.3) is 5.91 Å². The Morgan fingerprint density at radius 3 is 2.45 bits per heavy atom. The summed E-state index contributed by atoms with van der Waals surface area (Å²) in [4.78, 5) is 39.0. The molecule has 2 unspecified atom stereocenters. The van der Waals surface area contributed by atoms with E-state index in [1.807, 2.05) is 31.1 Å². The van der Waals surface area contributed by atoms with Crippen LogP contribution in [-0.4, -0.2) is 105 Å². The van der Waals surface area contributed by atoms with Gasteiger partial charge in [0.2, 0.25) is 5.91 Å². The van der Waals surface area contributed by atoms with Crippen molar-refractivity contribution in [2.75, 3.05) is 46.3 Å². The molecule has 3 aliphatic heterocycles. The monoisotopic (exact) mass is 642 g/mol. The number of carbonyl (C=O) groups is 2. The molecule has 3 aromatic rings. The van der Waals surface area contributed by atoms with E-state index >= 15 is 0 Å². The standard InChI is InChI=1S/C38H51FN6O2/c1-23(2)41(6)38(47)34-14-32(39)7-8-35(34)45-22-29(37-24(3)15-40-16-36(37)45)11-27-9-10-42(17-27)25(4)28-12-33(13-28)44-20-30-18-43(26(5)46)19-31(30)21-44/h7-8,14-16,22-23,25,27-28,30-31,33H,9-13,17-21H2,1-6H3/t25?,27-,28?,30-,31?,33?/m1/s1. The van der Waals surface area contributed by atoms with Crippen molar-refractivity contribution in [3.05, 3.63) is 59.3 Å². The highest BCUT2D eigenvalue weighted by atomic mass is 19.1. The fourth-order valence-corrected chi connectivity index (χ4v) is 9.02. The summed E-state index contributed by atoms with van der Waals surface area (Å²) < 4.78 is 16.6. The number of nitrogens with zero attached hydrogens (tertiary/aromatic N) is 6. The number of rotatable bonds is 8. The Morgan fingerprint density at radius 1 is 1.04 bits per heavy atom. The number of benzene rings is 1. The van der Waals surface area contributed by atoms with E-state index in [9.17, 15) is 14.0 Å². The molecule has 5 heterocycles. The number of amides is 2. The summed E-state index contributed by atoms with van der Waals surface area (Å²) in [7, 11) is 1.77. The van der Waals surface area contributed by atoms with Gasteiger partial charge in [-0.15, -0.1) is 0 Å². The molecule has 0 radical (unpaired) electrons. The second-order valence-corrected chi connectivity index (χ2v) is 15.4. The largest absolute Gasteiger partial charge is 0.342 e. The van der Waals surface area contributed by atoms with E-state index in [2.05, 4.69) is 39.4 Å². The van der Waals surface area contributed by atoms with Crippen molar-refractivity contribution in [3.8, 4) is 5.69 Å². The zero-order valence-corrected chi connectivity index (χ0v) is 29.0. The van der Waals surface area contributed by atoms with Crippen LogP contribution in [0.4, 0.5) is 4.39 Å². The number of aromatic nitrogens is 2. The predicted molar refractivity (Wildman–Crippen MR) is 183 cm³/mol. The highest BCUT2D eigenvalue weighted by Gasteiger charge is 2.47. The molecule has 2 aromatic heterocycles. The number of hydrogen-bond acceptors (Lipinski definition) is 5. The molecule has 7 rings (SSSR count). The van der Waals surface area contributed by atoms with E-state index in [-0.39, 0.29) is 17.9 Å². The lowest BCUT2D eigenvalue weighted by Crippen LogP contribution is -2.51.